The maximum absolute atomic E-state index is 13.1. The Hall–Kier alpha value is -3.45. The number of anilines is 2. The Bertz CT molecular complexity index is 1320. The number of carbonyl (C=O) groups is 2. The van der Waals surface area contributed by atoms with E-state index in [0.717, 1.165) is 31.6 Å². The normalized spacial score (nSPS) is 16.5. The minimum atomic E-state index is -3.89. The Morgan fingerprint density at radius 3 is 2.32 bits per heavy atom. The third kappa shape index (κ3) is 3.21. The number of para-hydroxylation sites is 2. The Morgan fingerprint density at radius 2 is 1.52 bits per heavy atom. The van der Waals surface area contributed by atoms with Crippen molar-refractivity contribution in [3.63, 3.8) is 0 Å². The molecule has 0 unspecified atom stereocenters. The molecular weight excluding hydrogens is 412 g/mol. The second kappa shape index (κ2) is 7.35. The molecule has 1 fully saturated rings. The highest BCUT2D eigenvalue weighted by Crippen LogP contribution is 2.35. The maximum Gasteiger partial charge on any atom is 0.255 e. The lowest BCUT2D eigenvalue weighted by atomic mass is 10.0. The average Bonchev–Trinajstić information content (AvgIpc) is 3.32. The van der Waals surface area contributed by atoms with Gasteiger partial charge in [-0.3, -0.25) is 9.59 Å². The second-order valence-corrected chi connectivity index (χ2v) is 9.59. The number of hydrogen-bond donors (Lipinski definition) is 1. The van der Waals surface area contributed by atoms with E-state index in [1.54, 1.807) is 12.1 Å². The van der Waals surface area contributed by atoms with Crippen molar-refractivity contribution in [1.29, 1.82) is 0 Å². The van der Waals surface area contributed by atoms with Crippen molar-refractivity contribution in [1.82, 2.24) is 0 Å². The molecule has 3 aromatic carbocycles. The van der Waals surface area contributed by atoms with E-state index in [9.17, 15) is 18.0 Å². The number of hydrogen-bond acceptors (Lipinski definition) is 5. The molecule has 0 atom stereocenters. The average molecular weight is 433 g/mol. The van der Waals surface area contributed by atoms with E-state index in [0.29, 0.717) is 5.69 Å². The first-order valence-electron chi connectivity index (χ1n) is 10.1. The summed E-state index contributed by atoms with van der Waals surface area (Å²) in [4.78, 5) is 27.9. The lowest BCUT2D eigenvalue weighted by Crippen LogP contribution is -2.23. The van der Waals surface area contributed by atoms with Crippen molar-refractivity contribution >= 4 is 32.9 Å². The summed E-state index contributed by atoms with van der Waals surface area (Å²) in [6.07, 6.45) is 2.22. The molecule has 0 saturated carbocycles. The summed E-state index contributed by atoms with van der Waals surface area (Å²) in [7, 11) is -3.89. The predicted octanol–water partition coefficient (Wildman–Crippen LogP) is 3.92. The van der Waals surface area contributed by atoms with Gasteiger partial charge in [0.1, 0.15) is 0 Å². The van der Waals surface area contributed by atoms with Crippen LogP contribution in [0.25, 0.3) is 0 Å². The van der Waals surface area contributed by atoms with Crippen molar-refractivity contribution in [2.24, 2.45) is 0 Å². The van der Waals surface area contributed by atoms with Crippen LogP contribution in [0.2, 0.25) is 0 Å². The van der Waals surface area contributed by atoms with Crippen molar-refractivity contribution in [3.8, 4) is 0 Å². The monoisotopic (exact) mass is 432 g/mol. The van der Waals surface area contributed by atoms with Gasteiger partial charge in [0.05, 0.1) is 21.2 Å². The molecule has 1 amide bonds. The van der Waals surface area contributed by atoms with Crippen LogP contribution in [0.1, 0.15) is 39.1 Å². The lowest BCUT2D eigenvalue weighted by molar-refractivity contribution is 0.101. The Labute approximate surface area is 180 Å². The summed E-state index contributed by atoms with van der Waals surface area (Å²) in [6, 6.07) is 17.9. The van der Waals surface area contributed by atoms with Gasteiger partial charge in [0, 0.05) is 29.8 Å². The van der Waals surface area contributed by atoms with Crippen molar-refractivity contribution < 1.29 is 18.0 Å². The van der Waals surface area contributed by atoms with E-state index in [1.165, 1.54) is 30.3 Å². The van der Waals surface area contributed by atoms with Crippen LogP contribution in [-0.4, -0.2) is 33.2 Å². The van der Waals surface area contributed by atoms with Gasteiger partial charge in [0.25, 0.3) is 5.91 Å². The minimum Gasteiger partial charge on any atom is -0.370 e. The fourth-order valence-corrected chi connectivity index (χ4v) is 5.91. The molecule has 5 rings (SSSR count). The van der Waals surface area contributed by atoms with Gasteiger partial charge >= 0.3 is 0 Å². The van der Waals surface area contributed by atoms with Gasteiger partial charge in [-0.2, -0.15) is 0 Å². The van der Waals surface area contributed by atoms with E-state index in [-0.39, 0.29) is 32.3 Å². The quantitative estimate of drug-likeness (QED) is 0.531. The zero-order chi connectivity index (χ0) is 21.6. The zero-order valence-electron chi connectivity index (χ0n) is 16.7. The molecule has 2 aliphatic heterocycles. The van der Waals surface area contributed by atoms with Crippen LogP contribution >= 0.6 is 0 Å². The van der Waals surface area contributed by atoms with Gasteiger partial charge in [0.2, 0.25) is 9.84 Å². The number of carbonyl (C=O) groups excluding carboxylic acids is 2. The summed E-state index contributed by atoms with van der Waals surface area (Å²) >= 11 is 0. The molecule has 0 bridgehead atoms. The number of rotatable bonds is 3. The summed E-state index contributed by atoms with van der Waals surface area (Å²) in [6.45, 7) is 1.87. The van der Waals surface area contributed by atoms with Crippen LogP contribution < -0.4 is 10.2 Å². The first kappa shape index (κ1) is 19.5. The molecule has 2 heterocycles. The number of benzene rings is 3. The number of sulfone groups is 1. The van der Waals surface area contributed by atoms with Gasteiger partial charge in [-0.05, 0) is 55.3 Å². The highest BCUT2D eigenvalue weighted by molar-refractivity contribution is 7.91. The Balaban J connectivity index is 1.51. The molecule has 31 heavy (non-hydrogen) atoms. The summed E-state index contributed by atoms with van der Waals surface area (Å²) in [5, 5.41) is 2.91. The fourth-order valence-electron chi connectivity index (χ4n) is 4.23. The van der Waals surface area contributed by atoms with Crippen LogP contribution in [0.5, 0.6) is 0 Å². The lowest BCUT2D eigenvalue weighted by Gasteiger charge is -2.22. The second-order valence-electron chi connectivity index (χ2n) is 7.71. The number of nitrogens with one attached hydrogen (secondary N) is 1. The fraction of sp³-hybridized carbons (Fsp3) is 0.167. The predicted molar refractivity (Wildman–Crippen MR) is 118 cm³/mol. The number of fused-ring (bicyclic) bond motifs is 2. The molecule has 156 valence electrons. The number of amides is 1. The molecule has 0 aromatic heterocycles. The van der Waals surface area contributed by atoms with Crippen LogP contribution in [0.3, 0.4) is 0 Å². The van der Waals surface area contributed by atoms with Crippen LogP contribution in [0, 0.1) is 0 Å². The standard InChI is InChI=1S/C24H20N2O4S/c27-23-17-7-1-4-10-21(17)31(29,30)22-15-16(11-12-18(22)23)24(28)25-19-8-2-3-9-20(19)26-13-5-6-14-26/h1-4,7-12,15H,5-6,13-14H2,(H,25,28). The van der Waals surface area contributed by atoms with Gasteiger partial charge in [-0.1, -0.05) is 24.3 Å². The van der Waals surface area contributed by atoms with Crippen LogP contribution in [0.4, 0.5) is 11.4 Å². The minimum absolute atomic E-state index is 0.0237. The summed E-state index contributed by atoms with van der Waals surface area (Å²) in [5.74, 6) is -0.775. The van der Waals surface area contributed by atoms with E-state index < -0.39 is 15.7 Å². The largest absolute Gasteiger partial charge is 0.370 e. The van der Waals surface area contributed by atoms with E-state index in [4.69, 9.17) is 0 Å². The summed E-state index contributed by atoms with van der Waals surface area (Å²) in [5.41, 5.74) is 2.06. The SMILES string of the molecule is O=C(Nc1ccccc1N1CCCC1)c1ccc2c(c1)S(=O)(=O)c1ccccc1C2=O. The van der Waals surface area contributed by atoms with Gasteiger partial charge in [-0.15, -0.1) is 0 Å². The van der Waals surface area contributed by atoms with E-state index in [1.807, 2.05) is 24.3 Å². The van der Waals surface area contributed by atoms with Crippen molar-refractivity contribution in [2.75, 3.05) is 23.3 Å². The van der Waals surface area contributed by atoms with Gasteiger partial charge < -0.3 is 10.2 Å². The van der Waals surface area contributed by atoms with E-state index in [2.05, 4.69) is 10.2 Å². The molecule has 6 nitrogen and oxygen atoms in total. The molecule has 0 radical (unpaired) electrons. The molecule has 0 aliphatic carbocycles. The maximum atomic E-state index is 13.1. The molecule has 2 aliphatic rings. The molecule has 3 aromatic rings. The Morgan fingerprint density at radius 1 is 0.839 bits per heavy atom. The zero-order valence-corrected chi connectivity index (χ0v) is 17.5. The van der Waals surface area contributed by atoms with Crippen LogP contribution in [-0.2, 0) is 9.84 Å². The molecule has 7 heteroatoms. The van der Waals surface area contributed by atoms with Crippen molar-refractivity contribution in [2.45, 2.75) is 22.6 Å². The van der Waals surface area contributed by atoms with E-state index >= 15 is 0 Å². The van der Waals surface area contributed by atoms with Gasteiger partial charge in [-0.25, -0.2) is 8.42 Å². The topological polar surface area (TPSA) is 83.6 Å². The first-order chi connectivity index (χ1) is 15.0. The molecule has 1 saturated heterocycles. The smallest absolute Gasteiger partial charge is 0.255 e. The third-order valence-electron chi connectivity index (χ3n) is 5.80. The third-order valence-corrected chi connectivity index (χ3v) is 7.65. The summed E-state index contributed by atoms with van der Waals surface area (Å²) < 4.78 is 26.2. The Kier molecular flexibility index (Phi) is 4.63. The highest BCUT2D eigenvalue weighted by atomic mass is 32.2. The molecule has 0 spiro atoms. The number of nitrogens with zero attached hydrogens (tertiary/aromatic N) is 1. The van der Waals surface area contributed by atoms with Crippen molar-refractivity contribution in [3.05, 3.63) is 83.4 Å². The molecule has 1 N–H and O–H groups in total. The molecular formula is C24H20N2O4S. The first-order valence-corrected chi connectivity index (χ1v) is 11.6. The highest BCUT2D eigenvalue weighted by Gasteiger charge is 2.35. The number of ketones is 1. The van der Waals surface area contributed by atoms with Gasteiger partial charge in [0.15, 0.2) is 5.78 Å². The van der Waals surface area contributed by atoms with Crippen LogP contribution in [0.15, 0.2) is 76.5 Å².